The molecule has 1 amide bonds. The molecule has 0 saturated heterocycles. The molecule has 0 aliphatic rings. The monoisotopic (exact) mass is 538 g/mol. The molecule has 1 aromatic heterocycles. The zero-order chi connectivity index (χ0) is 26.6. The van der Waals surface area contributed by atoms with E-state index in [0.29, 0.717) is 12.0 Å². The maximum atomic E-state index is 12.8. The second-order valence-corrected chi connectivity index (χ2v) is 11.2. The van der Waals surface area contributed by atoms with Crippen LogP contribution >= 0.6 is 19.5 Å². The van der Waals surface area contributed by atoms with Crippen molar-refractivity contribution in [2.24, 2.45) is 0 Å². The van der Waals surface area contributed by atoms with Gasteiger partial charge in [0, 0.05) is 14.1 Å². The number of carbonyl (C=O) groups excluding carboxylic acids is 1. The van der Waals surface area contributed by atoms with Crippen LogP contribution in [0.3, 0.4) is 0 Å². The number of nitrogens with zero attached hydrogens (tertiary/aromatic N) is 4. The Morgan fingerprint density at radius 2 is 1.86 bits per heavy atom. The van der Waals surface area contributed by atoms with Gasteiger partial charge in [-0.2, -0.15) is 18.9 Å². The van der Waals surface area contributed by atoms with Crippen molar-refractivity contribution >= 4 is 41.4 Å². The Balaban J connectivity index is 2.66. The number of nitrogens with one attached hydrogen (secondary N) is 1. The molecule has 0 spiro atoms. The van der Waals surface area contributed by atoms with Crippen LogP contribution in [0.1, 0.15) is 34.4 Å². The van der Waals surface area contributed by atoms with Crippen LogP contribution in [-0.2, 0) is 25.9 Å². The first-order chi connectivity index (χ1) is 16.2. The molecule has 1 aromatic carbocycles. The molecule has 186 valence electrons. The fourth-order valence-electron chi connectivity index (χ4n) is 3.05. The summed E-state index contributed by atoms with van der Waals surface area (Å²) >= 11 is 0.729. The van der Waals surface area contributed by atoms with Gasteiger partial charge in [0.25, 0.3) is 0 Å². The summed E-state index contributed by atoms with van der Waals surface area (Å²) in [4.78, 5) is 39.2. The van der Waals surface area contributed by atoms with E-state index in [0.717, 1.165) is 18.0 Å². The Hall–Kier alpha value is -3.13. The van der Waals surface area contributed by atoms with Crippen LogP contribution in [0.5, 0.6) is 5.75 Å². The SMILES string of the molecule is CCc1c(C#N)c(S[C@@H](C(=O)NP(=O)([O-])O)c2ccc(OS(C)(=O)=O)cc2)nc(N(C)C)c1C#N. The normalized spacial score (nSPS) is 13.6. The van der Waals surface area contributed by atoms with Crippen molar-refractivity contribution in [3.05, 3.63) is 46.5 Å². The minimum absolute atomic E-state index is 0.0452. The highest BCUT2D eigenvalue weighted by atomic mass is 32.2. The van der Waals surface area contributed by atoms with Crippen molar-refractivity contribution < 1.29 is 31.7 Å². The summed E-state index contributed by atoms with van der Waals surface area (Å²) in [5, 5.41) is 19.7. The molecule has 0 fully saturated rings. The third-order valence-electron chi connectivity index (χ3n) is 4.40. The Bertz CT molecular complexity index is 1360. The van der Waals surface area contributed by atoms with E-state index < -0.39 is 29.0 Å². The molecule has 12 nitrogen and oxygen atoms in total. The summed E-state index contributed by atoms with van der Waals surface area (Å²) in [5.41, 5.74) is 0.843. The molecule has 0 bridgehead atoms. The highest BCUT2D eigenvalue weighted by Crippen LogP contribution is 2.41. The molecule has 2 atom stereocenters. The van der Waals surface area contributed by atoms with Gasteiger partial charge in [-0.05, 0) is 29.7 Å². The Morgan fingerprint density at radius 3 is 2.29 bits per heavy atom. The van der Waals surface area contributed by atoms with E-state index in [2.05, 4.69) is 4.98 Å². The average molecular weight is 539 g/mol. The summed E-state index contributed by atoms with van der Waals surface area (Å²) in [6.45, 7) is 1.75. The first kappa shape index (κ1) is 28.1. The maximum absolute atomic E-state index is 12.8. The number of hydrogen-bond donors (Lipinski definition) is 2. The molecule has 15 heteroatoms. The lowest BCUT2D eigenvalue weighted by atomic mass is 10.0. The van der Waals surface area contributed by atoms with Gasteiger partial charge in [-0.15, -0.1) is 0 Å². The Labute approximate surface area is 206 Å². The van der Waals surface area contributed by atoms with Crippen LogP contribution in [0.4, 0.5) is 5.82 Å². The van der Waals surface area contributed by atoms with Gasteiger partial charge in [0.1, 0.15) is 34.0 Å². The molecule has 0 saturated carbocycles. The molecule has 35 heavy (non-hydrogen) atoms. The van der Waals surface area contributed by atoms with E-state index in [1.54, 1.807) is 25.9 Å². The fourth-order valence-corrected chi connectivity index (χ4v) is 5.11. The van der Waals surface area contributed by atoms with Gasteiger partial charge < -0.3 is 18.9 Å². The quantitative estimate of drug-likeness (QED) is 0.263. The van der Waals surface area contributed by atoms with Gasteiger partial charge >= 0.3 is 10.1 Å². The van der Waals surface area contributed by atoms with Crippen LogP contribution in [0.15, 0.2) is 29.3 Å². The molecule has 2 N–H and O–H groups in total. The zero-order valence-electron chi connectivity index (χ0n) is 19.0. The van der Waals surface area contributed by atoms with Gasteiger partial charge in [-0.3, -0.25) is 14.4 Å². The van der Waals surface area contributed by atoms with Gasteiger partial charge in [-0.1, -0.05) is 30.8 Å². The summed E-state index contributed by atoms with van der Waals surface area (Å²) in [6.07, 6.45) is 1.16. The van der Waals surface area contributed by atoms with Gasteiger partial charge in [0.15, 0.2) is 0 Å². The third kappa shape index (κ3) is 7.42. The average Bonchev–Trinajstić information content (AvgIpc) is 2.74. The molecule has 1 unspecified atom stereocenters. The molecule has 0 aliphatic carbocycles. The number of aromatic nitrogens is 1. The van der Waals surface area contributed by atoms with Crippen molar-refractivity contribution in [1.82, 2.24) is 10.1 Å². The number of thioether (sulfide) groups is 1. The van der Waals surface area contributed by atoms with Gasteiger partial charge in [-0.25, -0.2) is 4.98 Å². The van der Waals surface area contributed by atoms with Crippen LogP contribution in [0, 0.1) is 22.7 Å². The number of benzene rings is 1. The lowest BCUT2D eigenvalue weighted by Crippen LogP contribution is -2.29. The highest BCUT2D eigenvalue weighted by Gasteiger charge is 2.29. The maximum Gasteiger partial charge on any atom is 0.306 e. The number of carbonyl (C=O) groups is 1. The fraction of sp³-hybridized carbons (Fsp3) is 0.300. The number of amides is 1. The number of rotatable bonds is 9. The highest BCUT2D eigenvalue weighted by molar-refractivity contribution is 8.00. The first-order valence-electron chi connectivity index (χ1n) is 9.77. The van der Waals surface area contributed by atoms with E-state index >= 15 is 0 Å². The van der Waals surface area contributed by atoms with Crippen molar-refractivity contribution in [2.45, 2.75) is 23.6 Å². The van der Waals surface area contributed by atoms with Crippen molar-refractivity contribution in [3.63, 3.8) is 0 Å². The van der Waals surface area contributed by atoms with Crippen LogP contribution in [0.25, 0.3) is 0 Å². The minimum atomic E-state index is -5.21. The van der Waals surface area contributed by atoms with Crippen molar-refractivity contribution in [2.75, 3.05) is 25.3 Å². The Kier molecular flexibility index (Phi) is 8.89. The van der Waals surface area contributed by atoms with Crippen molar-refractivity contribution in [3.8, 4) is 17.9 Å². The molecular formula is C20H21N5O7PS2-. The number of hydrogen-bond acceptors (Lipinski definition) is 11. The number of pyridine rings is 1. The number of anilines is 1. The summed E-state index contributed by atoms with van der Waals surface area (Å²) in [6, 6.07) is 9.21. The van der Waals surface area contributed by atoms with E-state index in [9.17, 15) is 33.2 Å². The summed E-state index contributed by atoms with van der Waals surface area (Å²) in [7, 11) is -5.73. The smallest absolute Gasteiger partial charge is 0.306 e. The zero-order valence-corrected chi connectivity index (χ0v) is 21.6. The standard InChI is InChI=1S/C20H22N5O7PS2/c1-5-14-15(10-21)18(25(2)3)23-20(16(14)11-22)34-17(19(26)24-33(27,28)29)12-6-8-13(9-7-12)32-35(4,30)31/h6-9,17H,5H2,1-4H3,(H3,24,26,27,28,29)/p-1/t17-/m1/s1. The second kappa shape index (κ2) is 11.1. The largest absolute Gasteiger partial charge is 0.762 e. The Morgan fingerprint density at radius 1 is 1.29 bits per heavy atom. The van der Waals surface area contributed by atoms with Crippen LogP contribution < -0.4 is 19.1 Å². The molecule has 2 aromatic rings. The van der Waals surface area contributed by atoms with Crippen LogP contribution in [-0.4, -0.2) is 44.6 Å². The van der Waals surface area contributed by atoms with E-state index in [-0.39, 0.29) is 33.3 Å². The predicted molar refractivity (Wildman–Crippen MR) is 126 cm³/mol. The first-order valence-corrected chi connectivity index (χ1v) is 14.0. The van der Waals surface area contributed by atoms with E-state index in [1.165, 1.54) is 29.4 Å². The molecule has 2 rings (SSSR count). The third-order valence-corrected chi connectivity index (χ3v) is 6.64. The lowest BCUT2D eigenvalue weighted by Gasteiger charge is -2.23. The number of nitriles is 2. The topological polar surface area (TPSA) is 197 Å². The van der Waals surface area contributed by atoms with Crippen LogP contribution in [0.2, 0.25) is 0 Å². The lowest BCUT2D eigenvalue weighted by molar-refractivity contribution is -0.197. The van der Waals surface area contributed by atoms with Crippen molar-refractivity contribution in [1.29, 1.82) is 10.5 Å². The van der Waals surface area contributed by atoms with Gasteiger partial charge in [0.05, 0.1) is 17.4 Å². The molecular weight excluding hydrogens is 517 g/mol. The predicted octanol–water partition coefficient (Wildman–Crippen LogP) is 1.20. The minimum Gasteiger partial charge on any atom is -0.762 e. The summed E-state index contributed by atoms with van der Waals surface area (Å²) < 4.78 is 38.8. The summed E-state index contributed by atoms with van der Waals surface area (Å²) in [5.74, 6) is -0.930. The second-order valence-electron chi connectivity index (χ2n) is 7.29. The molecule has 1 heterocycles. The molecule has 0 radical (unpaired) electrons. The van der Waals surface area contributed by atoms with E-state index in [4.69, 9.17) is 9.08 Å². The van der Waals surface area contributed by atoms with E-state index in [1.807, 2.05) is 12.1 Å². The van der Waals surface area contributed by atoms with Gasteiger partial charge in [0.2, 0.25) is 13.7 Å². The molecule has 0 aliphatic heterocycles.